The normalized spacial score (nSPS) is 29.7. The van der Waals surface area contributed by atoms with Crippen LogP contribution in [0.1, 0.15) is 16.8 Å². The minimum atomic E-state index is -3.44. The van der Waals surface area contributed by atoms with E-state index in [-0.39, 0.29) is 22.6 Å². The average molecular weight is 362 g/mol. The lowest BCUT2D eigenvalue weighted by atomic mass is 9.72. The smallest absolute Gasteiger partial charge is 0.260 e. The van der Waals surface area contributed by atoms with Gasteiger partial charge in [0.2, 0.25) is 10.0 Å². The topological polar surface area (TPSA) is 117 Å². The summed E-state index contributed by atoms with van der Waals surface area (Å²) in [6.07, 6.45) is 2.81. The van der Waals surface area contributed by atoms with Crippen molar-refractivity contribution in [3.05, 3.63) is 33.2 Å². The minimum absolute atomic E-state index is 0.0245. The maximum Gasteiger partial charge on any atom is 0.260 e. The molecule has 2 fully saturated rings. The van der Waals surface area contributed by atoms with Crippen molar-refractivity contribution in [3.63, 3.8) is 0 Å². The third kappa shape index (κ3) is 3.27. The van der Waals surface area contributed by atoms with Gasteiger partial charge in [0.25, 0.3) is 11.5 Å². The molecule has 0 bridgehead atoms. The molecule has 3 rings (SSSR count). The first-order chi connectivity index (χ1) is 10.8. The molecule has 23 heavy (non-hydrogen) atoms. The zero-order valence-corrected chi connectivity index (χ0v) is 13.8. The molecular formula is C13H16ClN3O5S. The van der Waals surface area contributed by atoms with Gasteiger partial charge in [-0.25, -0.2) is 13.1 Å². The first-order valence-corrected chi connectivity index (χ1v) is 9.31. The molecule has 0 radical (unpaired) electrons. The van der Waals surface area contributed by atoms with Gasteiger partial charge in [0.05, 0.1) is 29.5 Å². The van der Waals surface area contributed by atoms with Crippen molar-refractivity contribution in [2.24, 2.45) is 5.92 Å². The van der Waals surface area contributed by atoms with Crippen LogP contribution in [-0.4, -0.2) is 50.4 Å². The van der Waals surface area contributed by atoms with Crippen molar-refractivity contribution < 1.29 is 17.9 Å². The molecule has 0 aromatic carbocycles. The van der Waals surface area contributed by atoms with E-state index in [1.54, 1.807) is 0 Å². The van der Waals surface area contributed by atoms with Gasteiger partial charge in [-0.05, 0) is 12.5 Å². The average Bonchev–Trinajstić information content (AvgIpc) is 2.88. The van der Waals surface area contributed by atoms with Gasteiger partial charge in [0.1, 0.15) is 5.56 Å². The molecular weight excluding hydrogens is 346 g/mol. The molecule has 126 valence electrons. The second-order valence-corrected chi connectivity index (χ2v) is 7.98. The second-order valence-electron chi connectivity index (χ2n) is 5.76. The van der Waals surface area contributed by atoms with Crippen molar-refractivity contribution in [1.82, 2.24) is 15.0 Å². The highest BCUT2D eigenvalue weighted by Gasteiger charge is 2.55. The van der Waals surface area contributed by atoms with Crippen LogP contribution in [0.5, 0.6) is 0 Å². The van der Waals surface area contributed by atoms with E-state index in [2.05, 4.69) is 15.0 Å². The molecule has 0 unspecified atom stereocenters. The van der Waals surface area contributed by atoms with Gasteiger partial charge in [0, 0.05) is 18.7 Å². The van der Waals surface area contributed by atoms with Gasteiger partial charge in [-0.15, -0.1) is 0 Å². The van der Waals surface area contributed by atoms with Crippen molar-refractivity contribution >= 4 is 27.5 Å². The van der Waals surface area contributed by atoms with Crippen molar-refractivity contribution in [2.45, 2.75) is 24.6 Å². The molecule has 4 atom stereocenters. The largest absolute Gasteiger partial charge is 0.376 e. The first kappa shape index (κ1) is 16.4. The SMILES string of the molecule is CS(=O)(=O)N[C@H]1[C@H](NC(=O)c2cc(Cl)c[nH]c2=O)[C@@H]2CCO[C@@H]21. The number of ether oxygens (including phenoxy) is 1. The molecule has 1 aromatic heterocycles. The molecule has 1 aromatic rings. The summed E-state index contributed by atoms with van der Waals surface area (Å²) in [4.78, 5) is 26.4. The van der Waals surface area contributed by atoms with Crippen LogP contribution in [0, 0.1) is 5.92 Å². The Morgan fingerprint density at radius 3 is 2.87 bits per heavy atom. The number of pyridine rings is 1. The summed E-state index contributed by atoms with van der Waals surface area (Å²) in [5, 5.41) is 2.95. The zero-order valence-electron chi connectivity index (χ0n) is 12.2. The molecule has 1 aliphatic heterocycles. The molecule has 1 saturated heterocycles. The molecule has 2 heterocycles. The number of fused-ring (bicyclic) bond motifs is 1. The van der Waals surface area contributed by atoms with Crippen LogP contribution in [0.25, 0.3) is 0 Å². The van der Waals surface area contributed by atoms with Crippen LogP contribution >= 0.6 is 11.6 Å². The summed E-state index contributed by atoms with van der Waals surface area (Å²) in [5.41, 5.74) is -0.670. The number of halogens is 1. The summed E-state index contributed by atoms with van der Waals surface area (Å²) >= 11 is 5.79. The Hall–Kier alpha value is -1.42. The molecule has 8 nitrogen and oxygen atoms in total. The van der Waals surface area contributed by atoms with Gasteiger partial charge in [-0.3, -0.25) is 9.59 Å². The third-order valence-electron chi connectivity index (χ3n) is 4.15. The summed E-state index contributed by atoms with van der Waals surface area (Å²) in [6.45, 7) is 0.515. The Labute approximate surface area is 137 Å². The monoisotopic (exact) mass is 361 g/mol. The number of amides is 1. The molecule has 1 amide bonds. The lowest BCUT2D eigenvalue weighted by Crippen LogP contribution is -2.70. The Morgan fingerprint density at radius 2 is 2.17 bits per heavy atom. The predicted octanol–water partition coefficient (Wildman–Crippen LogP) is -0.537. The lowest BCUT2D eigenvalue weighted by molar-refractivity contribution is -0.0194. The van der Waals surface area contributed by atoms with E-state index < -0.39 is 33.6 Å². The zero-order chi connectivity index (χ0) is 16.8. The number of hydrogen-bond donors (Lipinski definition) is 3. The van der Waals surface area contributed by atoms with Gasteiger partial charge in [-0.1, -0.05) is 11.6 Å². The standard InChI is InChI=1S/C13H16ClN3O5S/c1-23(20,21)17-10-9(7-2-3-22-11(7)10)16-13(19)8-4-6(14)5-15-12(8)18/h4-5,7,9-11,17H,2-3H2,1H3,(H,15,18)(H,16,19)/t7-,9+,10-,11-/m0/s1. The number of aromatic nitrogens is 1. The summed E-state index contributed by atoms with van der Waals surface area (Å²) < 4.78 is 30.9. The predicted molar refractivity (Wildman–Crippen MR) is 82.9 cm³/mol. The molecule has 1 aliphatic carbocycles. The van der Waals surface area contributed by atoms with Crippen LogP contribution in [0.15, 0.2) is 17.1 Å². The Kier molecular flexibility index (Phi) is 4.21. The van der Waals surface area contributed by atoms with Crippen molar-refractivity contribution in [3.8, 4) is 0 Å². The number of hydrogen-bond acceptors (Lipinski definition) is 5. The summed E-state index contributed by atoms with van der Waals surface area (Å²) in [6, 6.07) is 0.304. The van der Waals surface area contributed by atoms with Crippen molar-refractivity contribution in [2.75, 3.05) is 12.9 Å². The summed E-state index contributed by atoms with van der Waals surface area (Å²) in [5.74, 6) is -0.569. The molecule has 2 aliphatic rings. The number of rotatable bonds is 4. The fraction of sp³-hybridized carbons (Fsp3) is 0.538. The number of carbonyl (C=O) groups is 1. The third-order valence-corrected chi connectivity index (χ3v) is 5.06. The quantitative estimate of drug-likeness (QED) is 0.666. The Bertz CT molecular complexity index is 793. The van der Waals surface area contributed by atoms with Crippen molar-refractivity contribution in [1.29, 1.82) is 0 Å². The molecule has 1 saturated carbocycles. The maximum absolute atomic E-state index is 12.3. The Balaban J connectivity index is 1.78. The Morgan fingerprint density at radius 1 is 1.43 bits per heavy atom. The lowest BCUT2D eigenvalue weighted by Gasteiger charge is -2.47. The highest BCUT2D eigenvalue weighted by Crippen LogP contribution is 2.39. The van der Waals surface area contributed by atoms with E-state index in [0.717, 1.165) is 12.7 Å². The van der Waals surface area contributed by atoms with Gasteiger partial charge >= 0.3 is 0 Å². The number of sulfonamides is 1. The van der Waals surface area contributed by atoms with E-state index in [1.165, 1.54) is 12.3 Å². The van der Waals surface area contributed by atoms with Crippen LogP contribution in [0.4, 0.5) is 0 Å². The van der Waals surface area contributed by atoms with Crippen LogP contribution in [-0.2, 0) is 14.8 Å². The van der Waals surface area contributed by atoms with Crippen LogP contribution in [0.3, 0.4) is 0 Å². The maximum atomic E-state index is 12.3. The summed E-state index contributed by atoms with van der Waals surface area (Å²) in [7, 11) is -3.44. The van der Waals surface area contributed by atoms with Crippen LogP contribution < -0.4 is 15.6 Å². The number of aromatic amines is 1. The van der Waals surface area contributed by atoms with E-state index in [1.807, 2.05) is 0 Å². The van der Waals surface area contributed by atoms with E-state index >= 15 is 0 Å². The number of nitrogens with one attached hydrogen (secondary N) is 3. The second kappa shape index (κ2) is 5.90. The van der Waals surface area contributed by atoms with Crippen LogP contribution in [0.2, 0.25) is 5.02 Å². The van der Waals surface area contributed by atoms with E-state index in [4.69, 9.17) is 16.3 Å². The van der Waals surface area contributed by atoms with Gasteiger partial charge in [-0.2, -0.15) is 0 Å². The van der Waals surface area contributed by atoms with Gasteiger partial charge < -0.3 is 15.0 Å². The highest BCUT2D eigenvalue weighted by molar-refractivity contribution is 7.88. The highest BCUT2D eigenvalue weighted by atomic mass is 35.5. The number of H-pyrrole nitrogens is 1. The fourth-order valence-corrected chi connectivity index (χ4v) is 4.09. The molecule has 3 N–H and O–H groups in total. The van der Waals surface area contributed by atoms with Gasteiger partial charge in [0.15, 0.2) is 0 Å². The molecule has 10 heteroatoms. The molecule has 0 spiro atoms. The fourth-order valence-electron chi connectivity index (χ4n) is 3.15. The van der Waals surface area contributed by atoms with E-state index in [0.29, 0.717) is 6.61 Å². The van der Waals surface area contributed by atoms with E-state index in [9.17, 15) is 18.0 Å². The number of carbonyl (C=O) groups excluding carboxylic acids is 1. The minimum Gasteiger partial charge on any atom is -0.376 e. The first-order valence-electron chi connectivity index (χ1n) is 7.04.